The number of amides is 1. The summed E-state index contributed by atoms with van der Waals surface area (Å²) in [6.07, 6.45) is 0. The number of rotatable bonds is 2. The lowest BCUT2D eigenvalue weighted by atomic mass is 10.2. The van der Waals surface area contributed by atoms with Crippen LogP contribution in [0.1, 0.15) is 10.4 Å². The number of hydrogen-bond acceptors (Lipinski definition) is 2. The number of halogens is 3. The molecular weight excluding hydrogens is 337 g/mol. The molecule has 0 aromatic heterocycles. The highest BCUT2D eigenvalue weighted by Crippen LogP contribution is 2.24. The van der Waals surface area contributed by atoms with Crippen LogP contribution >= 0.6 is 27.5 Å². The molecule has 0 aliphatic heterocycles. The van der Waals surface area contributed by atoms with Crippen LogP contribution in [0.25, 0.3) is 0 Å². The van der Waals surface area contributed by atoms with Gasteiger partial charge in [-0.2, -0.15) is 0 Å². The number of anilines is 1. The van der Waals surface area contributed by atoms with Crippen LogP contribution in [0.3, 0.4) is 0 Å². The molecule has 1 amide bonds. The Bertz CT molecular complexity index is 649. The maximum absolute atomic E-state index is 13.2. The predicted octanol–water partition coefficient (Wildman–Crippen LogP) is 4.20. The zero-order chi connectivity index (χ0) is 14.0. The first-order valence-electron chi connectivity index (χ1n) is 5.22. The smallest absolute Gasteiger partial charge is 0.259 e. The molecule has 0 aliphatic rings. The van der Waals surface area contributed by atoms with Gasteiger partial charge in [0.05, 0.1) is 10.6 Å². The Labute approximate surface area is 122 Å². The molecule has 2 aromatic rings. The second kappa shape index (κ2) is 5.59. The highest BCUT2D eigenvalue weighted by atomic mass is 79.9. The van der Waals surface area contributed by atoms with Gasteiger partial charge in [-0.3, -0.25) is 4.79 Å². The summed E-state index contributed by atoms with van der Waals surface area (Å²) in [7, 11) is 0. The van der Waals surface area contributed by atoms with E-state index in [1.807, 2.05) is 0 Å². The van der Waals surface area contributed by atoms with Crippen molar-refractivity contribution < 1.29 is 14.3 Å². The van der Waals surface area contributed by atoms with E-state index in [4.69, 9.17) is 11.6 Å². The van der Waals surface area contributed by atoms with Gasteiger partial charge in [0.1, 0.15) is 11.6 Å². The number of carbonyl (C=O) groups is 1. The Balaban J connectivity index is 2.25. The third kappa shape index (κ3) is 3.24. The Hall–Kier alpha value is -1.59. The summed E-state index contributed by atoms with van der Waals surface area (Å²) in [6, 6.07) is 8.38. The van der Waals surface area contributed by atoms with Gasteiger partial charge in [-0.1, -0.05) is 27.5 Å². The molecule has 0 saturated carbocycles. The van der Waals surface area contributed by atoms with Crippen LogP contribution in [-0.4, -0.2) is 11.0 Å². The van der Waals surface area contributed by atoms with Crippen molar-refractivity contribution in [3.63, 3.8) is 0 Å². The van der Waals surface area contributed by atoms with Crippen LogP contribution in [0.5, 0.6) is 5.75 Å². The number of phenolic OH excluding ortho intramolecular Hbond substituents is 1. The van der Waals surface area contributed by atoms with Gasteiger partial charge in [-0.15, -0.1) is 0 Å². The van der Waals surface area contributed by atoms with E-state index in [0.717, 1.165) is 6.07 Å². The lowest BCUT2D eigenvalue weighted by Crippen LogP contribution is -2.12. The Morgan fingerprint density at radius 2 is 2.00 bits per heavy atom. The SMILES string of the molecule is O=C(Nc1ccc(Cl)c(F)c1)c1cc(Br)ccc1O. The number of benzene rings is 2. The van der Waals surface area contributed by atoms with E-state index in [0.29, 0.717) is 4.47 Å². The molecule has 0 radical (unpaired) electrons. The second-order valence-electron chi connectivity index (χ2n) is 3.74. The molecule has 0 bridgehead atoms. The van der Waals surface area contributed by atoms with Gasteiger partial charge in [-0.25, -0.2) is 4.39 Å². The number of hydrogen-bond donors (Lipinski definition) is 2. The summed E-state index contributed by atoms with van der Waals surface area (Å²) in [4.78, 5) is 11.9. The fraction of sp³-hybridized carbons (Fsp3) is 0. The standard InChI is InChI=1S/C13H8BrClFNO2/c14-7-1-4-12(18)9(5-7)13(19)17-8-2-3-10(15)11(16)6-8/h1-6,18H,(H,17,19). The molecule has 98 valence electrons. The van der Waals surface area contributed by atoms with Crippen molar-refractivity contribution in [2.45, 2.75) is 0 Å². The van der Waals surface area contributed by atoms with E-state index < -0.39 is 11.7 Å². The molecule has 0 spiro atoms. The molecule has 19 heavy (non-hydrogen) atoms. The van der Waals surface area contributed by atoms with Crippen LogP contribution in [0.2, 0.25) is 5.02 Å². The Kier molecular flexibility index (Phi) is 4.07. The molecule has 3 nitrogen and oxygen atoms in total. The third-order valence-electron chi connectivity index (χ3n) is 2.38. The van der Waals surface area contributed by atoms with E-state index in [9.17, 15) is 14.3 Å². The maximum Gasteiger partial charge on any atom is 0.259 e. The Morgan fingerprint density at radius 1 is 1.26 bits per heavy atom. The number of aromatic hydroxyl groups is 1. The molecule has 0 unspecified atom stereocenters. The van der Waals surface area contributed by atoms with E-state index in [2.05, 4.69) is 21.2 Å². The molecule has 0 aliphatic carbocycles. The summed E-state index contributed by atoms with van der Waals surface area (Å²) >= 11 is 8.75. The molecule has 2 rings (SSSR count). The molecule has 0 atom stereocenters. The minimum Gasteiger partial charge on any atom is -0.507 e. The normalized spacial score (nSPS) is 10.3. The molecule has 0 saturated heterocycles. The molecule has 2 N–H and O–H groups in total. The summed E-state index contributed by atoms with van der Waals surface area (Å²) in [6.45, 7) is 0. The van der Waals surface area contributed by atoms with Crippen LogP contribution in [0.4, 0.5) is 10.1 Å². The first-order valence-corrected chi connectivity index (χ1v) is 6.39. The van der Waals surface area contributed by atoms with Crippen molar-refractivity contribution in [1.82, 2.24) is 0 Å². The van der Waals surface area contributed by atoms with E-state index in [-0.39, 0.29) is 22.0 Å². The minimum absolute atomic E-state index is 0.0247. The topological polar surface area (TPSA) is 49.3 Å². The Morgan fingerprint density at radius 3 is 2.68 bits per heavy atom. The number of carbonyl (C=O) groups excluding carboxylic acids is 1. The van der Waals surface area contributed by atoms with E-state index in [1.54, 1.807) is 6.07 Å². The summed E-state index contributed by atoms with van der Waals surface area (Å²) in [5.74, 6) is -1.33. The molecule has 0 fully saturated rings. The van der Waals surface area contributed by atoms with Crippen LogP contribution in [0, 0.1) is 5.82 Å². The molecule has 0 heterocycles. The highest BCUT2D eigenvalue weighted by Gasteiger charge is 2.12. The van der Waals surface area contributed by atoms with E-state index >= 15 is 0 Å². The molecule has 6 heteroatoms. The zero-order valence-corrected chi connectivity index (χ0v) is 11.8. The van der Waals surface area contributed by atoms with Crippen molar-refractivity contribution in [2.75, 3.05) is 5.32 Å². The molecule has 2 aromatic carbocycles. The quantitative estimate of drug-likeness (QED) is 0.858. The lowest BCUT2D eigenvalue weighted by molar-refractivity contribution is 0.102. The second-order valence-corrected chi connectivity index (χ2v) is 5.07. The highest BCUT2D eigenvalue weighted by molar-refractivity contribution is 9.10. The van der Waals surface area contributed by atoms with Gasteiger partial charge in [0, 0.05) is 10.2 Å². The van der Waals surface area contributed by atoms with Crippen molar-refractivity contribution >= 4 is 39.1 Å². The summed E-state index contributed by atoms with van der Waals surface area (Å²) in [5, 5.41) is 12.1. The van der Waals surface area contributed by atoms with Crippen LogP contribution in [-0.2, 0) is 0 Å². The van der Waals surface area contributed by atoms with Gasteiger partial charge in [-0.05, 0) is 36.4 Å². The first-order chi connectivity index (χ1) is 8.97. The van der Waals surface area contributed by atoms with Crippen molar-refractivity contribution in [3.05, 3.63) is 57.3 Å². The van der Waals surface area contributed by atoms with E-state index in [1.165, 1.54) is 24.3 Å². The van der Waals surface area contributed by atoms with Crippen molar-refractivity contribution in [1.29, 1.82) is 0 Å². The van der Waals surface area contributed by atoms with Gasteiger partial charge in [0.15, 0.2) is 0 Å². The summed E-state index contributed by atoms with van der Waals surface area (Å²) < 4.78 is 13.9. The average Bonchev–Trinajstić information content (AvgIpc) is 2.36. The lowest BCUT2D eigenvalue weighted by Gasteiger charge is -2.07. The minimum atomic E-state index is -0.627. The van der Waals surface area contributed by atoms with Gasteiger partial charge in [0.25, 0.3) is 5.91 Å². The monoisotopic (exact) mass is 343 g/mol. The van der Waals surface area contributed by atoms with Crippen LogP contribution < -0.4 is 5.32 Å². The molecular formula is C13H8BrClFNO2. The zero-order valence-electron chi connectivity index (χ0n) is 9.45. The van der Waals surface area contributed by atoms with Crippen LogP contribution in [0.15, 0.2) is 40.9 Å². The van der Waals surface area contributed by atoms with Crippen molar-refractivity contribution in [3.8, 4) is 5.75 Å². The third-order valence-corrected chi connectivity index (χ3v) is 3.18. The number of phenols is 1. The van der Waals surface area contributed by atoms with Gasteiger partial charge >= 0.3 is 0 Å². The summed E-state index contributed by atoms with van der Waals surface area (Å²) in [5.41, 5.74) is 0.344. The largest absolute Gasteiger partial charge is 0.507 e. The fourth-order valence-corrected chi connectivity index (χ4v) is 1.94. The van der Waals surface area contributed by atoms with Gasteiger partial charge in [0.2, 0.25) is 0 Å². The van der Waals surface area contributed by atoms with Crippen molar-refractivity contribution in [2.24, 2.45) is 0 Å². The number of nitrogens with one attached hydrogen (secondary N) is 1. The first kappa shape index (κ1) is 13.8. The predicted molar refractivity (Wildman–Crippen MR) is 75.2 cm³/mol. The maximum atomic E-state index is 13.2. The average molecular weight is 345 g/mol. The fourth-order valence-electron chi connectivity index (χ4n) is 1.46. The van der Waals surface area contributed by atoms with Gasteiger partial charge < -0.3 is 10.4 Å².